The summed E-state index contributed by atoms with van der Waals surface area (Å²) in [5.74, 6) is -3.63. The monoisotopic (exact) mass is 329 g/mol. The first-order valence-electron chi connectivity index (χ1n) is 5.19. The maximum atomic E-state index is 13.4. The van der Waals surface area contributed by atoms with Gasteiger partial charge in [-0.25, -0.2) is 13.2 Å². The topological polar surface area (TPSA) is 29.1 Å². The molecule has 1 amide bonds. The van der Waals surface area contributed by atoms with Gasteiger partial charge in [0.1, 0.15) is 5.82 Å². The van der Waals surface area contributed by atoms with Gasteiger partial charge in [0.05, 0.1) is 10.0 Å². The summed E-state index contributed by atoms with van der Waals surface area (Å²) in [7, 11) is 0. The fourth-order valence-corrected chi connectivity index (χ4v) is 1.83. The van der Waals surface area contributed by atoms with Gasteiger partial charge in [0.2, 0.25) is 0 Å². The number of hydrogen-bond acceptors (Lipinski definition) is 1. The highest BCUT2D eigenvalue weighted by molar-refractivity contribution is 9.10. The van der Waals surface area contributed by atoms with Gasteiger partial charge < -0.3 is 5.32 Å². The molecule has 2 rings (SSSR count). The van der Waals surface area contributed by atoms with Crippen molar-refractivity contribution in [2.75, 3.05) is 5.32 Å². The van der Waals surface area contributed by atoms with E-state index >= 15 is 0 Å². The van der Waals surface area contributed by atoms with Crippen LogP contribution in [0.15, 0.2) is 40.9 Å². The average Bonchev–Trinajstić information content (AvgIpc) is 2.37. The molecule has 0 bridgehead atoms. The van der Waals surface area contributed by atoms with Gasteiger partial charge in [0.15, 0.2) is 11.6 Å². The summed E-state index contributed by atoms with van der Waals surface area (Å²) < 4.78 is 39.5. The Bertz CT molecular complexity index is 646. The Balaban J connectivity index is 2.26. The van der Waals surface area contributed by atoms with Crippen LogP contribution >= 0.6 is 15.9 Å². The third-order valence-corrected chi connectivity index (χ3v) is 2.98. The Morgan fingerprint density at radius 2 is 1.79 bits per heavy atom. The zero-order valence-electron chi connectivity index (χ0n) is 9.38. The second kappa shape index (κ2) is 5.44. The van der Waals surface area contributed by atoms with Crippen LogP contribution in [0.4, 0.5) is 18.9 Å². The molecule has 2 nitrogen and oxygen atoms in total. The lowest BCUT2D eigenvalue weighted by Gasteiger charge is -2.07. The first kappa shape index (κ1) is 13.6. The van der Waals surface area contributed by atoms with Gasteiger partial charge in [-0.3, -0.25) is 4.79 Å². The first-order chi connectivity index (χ1) is 8.99. The highest BCUT2D eigenvalue weighted by atomic mass is 79.9. The van der Waals surface area contributed by atoms with Crippen LogP contribution in [0.5, 0.6) is 0 Å². The molecular formula is C13H7BrF3NO. The molecule has 98 valence electrons. The number of halogens is 4. The van der Waals surface area contributed by atoms with Crippen molar-refractivity contribution in [3.63, 3.8) is 0 Å². The van der Waals surface area contributed by atoms with E-state index in [1.165, 1.54) is 18.2 Å². The molecule has 0 aromatic heterocycles. The lowest BCUT2D eigenvalue weighted by molar-refractivity contribution is 0.102. The lowest BCUT2D eigenvalue weighted by Crippen LogP contribution is -2.14. The van der Waals surface area contributed by atoms with E-state index in [0.29, 0.717) is 0 Å². The van der Waals surface area contributed by atoms with Crippen molar-refractivity contribution < 1.29 is 18.0 Å². The molecule has 0 aliphatic carbocycles. The maximum Gasteiger partial charge on any atom is 0.258 e. The van der Waals surface area contributed by atoms with Crippen molar-refractivity contribution in [3.05, 3.63) is 63.9 Å². The number of benzene rings is 2. The largest absolute Gasteiger partial charge is 0.322 e. The normalized spacial score (nSPS) is 10.3. The van der Waals surface area contributed by atoms with Crippen molar-refractivity contribution in [3.8, 4) is 0 Å². The van der Waals surface area contributed by atoms with E-state index in [1.54, 1.807) is 0 Å². The van der Waals surface area contributed by atoms with Crippen LogP contribution in [0.25, 0.3) is 0 Å². The molecule has 0 fully saturated rings. The Hall–Kier alpha value is -1.82. The molecule has 0 aliphatic heterocycles. The van der Waals surface area contributed by atoms with E-state index in [1.807, 2.05) is 0 Å². The van der Waals surface area contributed by atoms with E-state index in [9.17, 15) is 18.0 Å². The molecule has 2 aromatic carbocycles. The molecule has 0 atom stereocenters. The third-order valence-electron chi connectivity index (χ3n) is 2.37. The number of amides is 1. The summed E-state index contributed by atoms with van der Waals surface area (Å²) >= 11 is 2.96. The molecule has 0 aliphatic rings. The maximum absolute atomic E-state index is 13.4. The Morgan fingerprint density at radius 1 is 1.05 bits per heavy atom. The van der Waals surface area contributed by atoms with Gasteiger partial charge in [0, 0.05) is 5.69 Å². The highest BCUT2D eigenvalue weighted by Crippen LogP contribution is 2.21. The molecule has 0 radical (unpaired) electrons. The van der Waals surface area contributed by atoms with Gasteiger partial charge in [-0.15, -0.1) is 0 Å². The van der Waals surface area contributed by atoms with Gasteiger partial charge in [-0.2, -0.15) is 0 Å². The number of hydrogen-bond donors (Lipinski definition) is 1. The summed E-state index contributed by atoms with van der Waals surface area (Å²) in [6.07, 6.45) is 0. The summed E-state index contributed by atoms with van der Waals surface area (Å²) in [6, 6.07) is 7.09. The van der Waals surface area contributed by atoms with Crippen molar-refractivity contribution >= 4 is 27.5 Å². The molecule has 2 aromatic rings. The molecular weight excluding hydrogens is 323 g/mol. The molecule has 0 saturated carbocycles. The van der Waals surface area contributed by atoms with Crippen LogP contribution in [-0.2, 0) is 0 Å². The number of carbonyl (C=O) groups excluding carboxylic acids is 1. The van der Waals surface area contributed by atoms with Crippen molar-refractivity contribution in [2.24, 2.45) is 0 Å². The smallest absolute Gasteiger partial charge is 0.258 e. The third kappa shape index (κ3) is 2.96. The zero-order chi connectivity index (χ0) is 14.0. The predicted molar refractivity (Wildman–Crippen MR) is 68.4 cm³/mol. The minimum absolute atomic E-state index is 0.157. The fraction of sp³-hybridized carbons (Fsp3) is 0. The Kier molecular flexibility index (Phi) is 3.90. The molecule has 0 unspecified atom stereocenters. The summed E-state index contributed by atoms with van der Waals surface area (Å²) in [4.78, 5) is 11.8. The van der Waals surface area contributed by atoms with Crippen molar-refractivity contribution in [2.45, 2.75) is 0 Å². The minimum Gasteiger partial charge on any atom is -0.322 e. The molecule has 0 saturated heterocycles. The van der Waals surface area contributed by atoms with Crippen LogP contribution in [0, 0.1) is 17.5 Å². The first-order valence-corrected chi connectivity index (χ1v) is 5.99. The molecule has 1 N–H and O–H groups in total. The van der Waals surface area contributed by atoms with Gasteiger partial charge in [0.25, 0.3) is 5.91 Å². The molecule has 0 heterocycles. The fourth-order valence-electron chi connectivity index (χ4n) is 1.45. The van der Waals surface area contributed by atoms with E-state index in [2.05, 4.69) is 21.2 Å². The van der Waals surface area contributed by atoms with Crippen molar-refractivity contribution in [1.82, 2.24) is 0 Å². The standard InChI is InChI=1S/C13H7BrF3NO/c14-9-6-7(4-5-10(9)15)18-13(19)8-2-1-3-11(16)12(8)17/h1-6H,(H,18,19). The highest BCUT2D eigenvalue weighted by Gasteiger charge is 2.15. The van der Waals surface area contributed by atoms with Crippen LogP contribution in [-0.4, -0.2) is 5.91 Å². The Labute approximate surface area is 115 Å². The summed E-state index contributed by atoms with van der Waals surface area (Å²) in [5.41, 5.74) is -0.151. The summed E-state index contributed by atoms with van der Waals surface area (Å²) in [6.45, 7) is 0. The molecule has 6 heteroatoms. The lowest BCUT2D eigenvalue weighted by atomic mass is 10.2. The van der Waals surface area contributed by atoms with E-state index in [-0.39, 0.29) is 10.2 Å². The average molecular weight is 330 g/mol. The zero-order valence-corrected chi connectivity index (χ0v) is 11.0. The second-order valence-electron chi connectivity index (χ2n) is 3.68. The number of rotatable bonds is 2. The molecule has 0 spiro atoms. The number of carbonyl (C=O) groups is 1. The minimum atomic E-state index is -1.22. The quantitative estimate of drug-likeness (QED) is 0.882. The van der Waals surface area contributed by atoms with Gasteiger partial charge in [-0.05, 0) is 46.3 Å². The van der Waals surface area contributed by atoms with Crippen LogP contribution in [0.2, 0.25) is 0 Å². The summed E-state index contributed by atoms with van der Waals surface area (Å²) in [5, 5.41) is 2.35. The SMILES string of the molecule is O=C(Nc1ccc(F)c(Br)c1)c1cccc(F)c1F. The second-order valence-corrected chi connectivity index (χ2v) is 4.54. The van der Waals surface area contributed by atoms with Gasteiger partial charge >= 0.3 is 0 Å². The van der Waals surface area contributed by atoms with Crippen molar-refractivity contribution in [1.29, 1.82) is 0 Å². The number of anilines is 1. The van der Waals surface area contributed by atoms with Crippen LogP contribution in [0.1, 0.15) is 10.4 Å². The van der Waals surface area contributed by atoms with Gasteiger partial charge in [-0.1, -0.05) is 6.07 Å². The van der Waals surface area contributed by atoms with E-state index in [4.69, 9.17) is 0 Å². The molecule has 19 heavy (non-hydrogen) atoms. The van der Waals surface area contributed by atoms with Crippen LogP contribution < -0.4 is 5.32 Å². The number of nitrogens with one attached hydrogen (secondary N) is 1. The van der Waals surface area contributed by atoms with E-state index in [0.717, 1.165) is 18.2 Å². The van der Waals surface area contributed by atoms with E-state index < -0.39 is 28.9 Å². The van der Waals surface area contributed by atoms with Crippen LogP contribution in [0.3, 0.4) is 0 Å². The Morgan fingerprint density at radius 3 is 2.47 bits per heavy atom. The predicted octanol–water partition coefficient (Wildman–Crippen LogP) is 4.12.